The maximum atomic E-state index is 10.3. The Morgan fingerprint density at radius 1 is 0.880 bits per heavy atom. The van der Waals surface area contributed by atoms with Gasteiger partial charge in [-0.05, 0) is 29.0 Å². The Kier molecular flexibility index (Phi) is 2.87. The number of phenols is 1. The van der Waals surface area contributed by atoms with E-state index in [0.717, 1.165) is 27.2 Å². The Bertz CT molecular complexity index is 1220. The van der Waals surface area contributed by atoms with Crippen molar-refractivity contribution < 1.29 is 9.63 Å². The molecule has 2 N–H and O–H groups in total. The number of aromatic nitrogens is 3. The molecular formula is C20H13N3O2. The van der Waals surface area contributed by atoms with Crippen LogP contribution in [0.2, 0.25) is 0 Å². The molecule has 0 fully saturated rings. The molecule has 5 nitrogen and oxygen atoms in total. The summed E-state index contributed by atoms with van der Waals surface area (Å²) < 4.78 is 5.49. The second-order valence-electron chi connectivity index (χ2n) is 5.85. The molecule has 0 saturated heterocycles. The lowest BCUT2D eigenvalue weighted by Crippen LogP contribution is -1.85. The quantitative estimate of drug-likeness (QED) is 0.491. The monoisotopic (exact) mass is 327 g/mol. The molecule has 0 spiro atoms. The molecule has 5 rings (SSSR count). The molecule has 0 aliphatic heterocycles. The van der Waals surface area contributed by atoms with Crippen LogP contribution in [-0.2, 0) is 0 Å². The molecule has 0 saturated carbocycles. The minimum Gasteiger partial charge on any atom is -0.507 e. The van der Waals surface area contributed by atoms with Gasteiger partial charge in [0, 0.05) is 22.7 Å². The molecule has 2 heterocycles. The van der Waals surface area contributed by atoms with Crippen LogP contribution >= 0.6 is 0 Å². The Labute approximate surface area is 142 Å². The van der Waals surface area contributed by atoms with Crippen molar-refractivity contribution in [2.75, 3.05) is 0 Å². The summed E-state index contributed by atoms with van der Waals surface area (Å²) in [5, 5.41) is 17.4. The van der Waals surface area contributed by atoms with Gasteiger partial charge in [0.25, 0.3) is 5.89 Å². The lowest BCUT2D eigenvalue weighted by atomic mass is 10.0. The van der Waals surface area contributed by atoms with Gasteiger partial charge in [0.2, 0.25) is 5.82 Å². The fourth-order valence-corrected chi connectivity index (χ4v) is 3.20. The van der Waals surface area contributed by atoms with E-state index in [2.05, 4.69) is 15.1 Å². The average Bonchev–Trinajstić information content (AvgIpc) is 3.30. The van der Waals surface area contributed by atoms with Gasteiger partial charge >= 0.3 is 0 Å². The highest BCUT2D eigenvalue weighted by molar-refractivity contribution is 5.98. The van der Waals surface area contributed by atoms with Crippen LogP contribution in [-0.4, -0.2) is 20.2 Å². The van der Waals surface area contributed by atoms with Gasteiger partial charge in [0.05, 0.1) is 5.56 Å². The molecule has 2 aromatic heterocycles. The normalized spacial score (nSPS) is 11.4. The highest BCUT2D eigenvalue weighted by atomic mass is 16.5. The van der Waals surface area contributed by atoms with Gasteiger partial charge in [0.15, 0.2) is 0 Å². The first kappa shape index (κ1) is 13.8. The zero-order chi connectivity index (χ0) is 16.8. The highest BCUT2D eigenvalue weighted by Crippen LogP contribution is 2.36. The van der Waals surface area contributed by atoms with Crippen molar-refractivity contribution in [3.63, 3.8) is 0 Å². The SMILES string of the molecule is Oc1ccc2ccccc2c1-c1nc(-c2cccc3[nH]ccc23)no1. The highest BCUT2D eigenvalue weighted by Gasteiger charge is 2.18. The van der Waals surface area contributed by atoms with Gasteiger partial charge in [-0.1, -0.05) is 47.6 Å². The summed E-state index contributed by atoms with van der Waals surface area (Å²) in [5.74, 6) is 0.915. The first-order chi connectivity index (χ1) is 12.3. The maximum Gasteiger partial charge on any atom is 0.262 e. The van der Waals surface area contributed by atoms with Crippen LogP contribution in [0.4, 0.5) is 0 Å². The molecule has 5 heteroatoms. The van der Waals surface area contributed by atoms with E-state index in [1.54, 1.807) is 6.07 Å². The predicted molar refractivity (Wildman–Crippen MR) is 96.2 cm³/mol. The van der Waals surface area contributed by atoms with Crippen LogP contribution in [0.3, 0.4) is 0 Å². The fourth-order valence-electron chi connectivity index (χ4n) is 3.20. The van der Waals surface area contributed by atoms with Crippen molar-refractivity contribution in [1.29, 1.82) is 0 Å². The molecule has 25 heavy (non-hydrogen) atoms. The number of fused-ring (bicyclic) bond motifs is 2. The number of hydrogen-bond acceptors (Lipinski definition) is 4. The van der Waals surface area contributed by atoms with E-state index in [1.165, 1.54) is 0 Å². The third-order valence-corrected chi connectivity index (χ3v) is 4.38. The van der Waals surface area contributed by atoms with Crippen molar-refractivity contribution in [3.05, 3.63) is 66.9 Å². The summed E-state index contributed by atoms with van der Waals surface area (Å²) in [6.45, 7) is 0. The molecule has 0 unspecified atom stereocenters. The molecule has 0 radical (unpaired) electrons. The number of aromatic hydroxyl groups is 1. The van der Waals surface area contributed by atoms with Gasteiger partial charge in [-0.2, -0.15) is 4.98 Å². The van der Waals surface area contributed by atoms with Gasteiger partial charge < -0.3 is 14.6 Å². The molecule has 0 aliphatic rings. The van der Waals surface area contributed by atoms with Crippen LogP contribution in [0.5, 0.6) is 5.75 Å². The predicted octanol–water partition coefficient (Wildman–Crippen LogP) is 4.74. The minimum atomic E-state index is 0.119. The van der Waals surface area contributed by atoms with Crippen LogP contribution in [0.1, 0.15) is 0 Å². The first-order valence-corrected chi connectivity index (χ1v) is 7.92. The van der Waals surface area contributed by atoms with Crippen molar-refractivity contribution in [2.24, 2.45) is 0 Å². The largest absolute Gasteiger partial charge is 0.507 e. The molecular weight excluding hydrogens is 314 g/mol. The molecule has 0 aliphatic carbocycles. The zero-order valence-electron chi connectivity index (χ0n) is 13.1. The van der Waals surface area contributed by atoms with Crippen LogP contribution in [0.25, 0.3) is 44.5 Å². The second kappa shape index (κ2) is 5.21. The third-order valence-electron chi connectivity index (χ3n) is 4.38. The molecule has 0 amide bonds. The zero-order valence-corrected chi connectivity index (χ0v) is 13.1. The Morgan fingerprint density at radius 2 is 1.80 bits per heavy atom. The summed E-state index contributed by atoms with van der Waals surface area (Å²) in [7, 11) is 0. The summed E-state index contributed by atoms with van der Waals surface area (Å²) in [5.41, 5.74) is 2.45. The van der Waals surface area contributed by atoms with E-state index in [9.17, 15) is 5.11 Å². The Balaban J connectivity index is 1.72. The minimum absolute atomic E-state index is 0.119. The number of nitrogens with one attached hydrogen (secondary N) is 1. The summed E-state index contributed by atoms with van der Waals surface area (Å²) >= 11 is 0. The van der Waals surface area contributed by atoms with E-state index in [-0.39, 0.29) is 5.75 Å². The molecule has 120 valence electrons. The fraction of sp³-hybridized carbons (Fsp3) is 0. The molecule has 0 atom stereocenters. The van der Waals surface area contributed by atoms with Crippen molar-refractivity contribution in [2.45, 2.75) is 0 Å². The lowest BCUT2D eigenvalue weighted by molar-refractivity contribution is 0.426. The number of benzene rings is 3. The van der Waals surface area contributed by atoms with Gasteiger partial charge in [0.1, 0.15) is 5.75 Å². The second-order valence-corrected chi connectivity index (χ2v) is 5.85. The van der Waals surface area contributed by atoms with Gasteiger partial charge in [-0.15, -0.1) is 0 Å². The van der Waals surface area contributed by atoms with E-state index < -0.39 is 0 Å². The van der Waals surface area contributed by atoms with Crippen LogP contribution < -0.4 is 0 Å². The molecule has 3 aromatic carbocycles. The number of aromatic amines is 1. The number of H-pyrrole nitrogens is 1. The van der Waals surface area contributed by atoms with Crippen LogP contribution in [0, 0.1) is 0 Å². The topological polar surface area (TPSA) is 74.9 Å². The Hall–Kier alpha value is -3.60. The number of rotatable bonds is 2. The smallest absolute Gasteiger partial charge is 0.262 e. The van der Waals surface area contributed by atoms with E-state index in [1.807, 2.05) is 60.8 Å². The maximum absolute atomic E-state index is 10.3. The van der Waals surface area contributed by atoms with E-state index in [0.29, 0.717) is 17.3 Å². The van der Waals surface area contributed by atoms with Crippen molar-refractivity contribution in [3.8, 4) is 28.6 Å². The summed E-state index contributed by atoms with van der Waals surface area (Å²) in [6, 6.07) is 19.2. The Morgan fingerprint density at radius 3 is 2.76 bits per heavy atom. The molecule has 5 aromatic rings. The van der Waals surface area contributed by atoms with E-state index in [4.69, 9.17) is 4.52 Å². The first-order valence-electron chi connectivity index (χ1n) is 7.92. The van der Waals surface area contributed by atoms with Gasteiger partial charge in [-0.3, -0.25) is 0 Å². The van der Waals surface area contributed by atoms with Crippen LogP contribution in [0.15, 0.2) is 71.4 Å². The van der Waals surface area contributed by atoms with Crippen molar-refractivity contribution >= 4 is 21.7 Å². The number of hydrogen-bond donors (Lipinski definition) is 2. The summed E-state index contributed by atoms with van der Waals surface area (Å²) in [4.78, 5) is 7.72. The standard InChI is InChI=1S/C20H13N3O2/c24-17-9-8-12-4-1-2-5-13(12)18(17)20-22-19(23-25-20)15-6-3-7-16-14(15)10-11-21-16/h1-11,21,24H. The van der Waals surface area contributed by atoms with Crippen molar-refractivity contribution in [1.82, 2.24) is 15.1 Å². The third kappa shape index (κ3) is 2.10. The van der Waals surface area contributed by atoms with Gasteiger partial charge in [-0.25, -0.2) is 0 Å². The lowest BCUT2D eigenvalue weighted by Gasteiger charge is -2.04. The number of nitrogens with zero attached hydrogens (tertiary/aromatic N) is 2. The summed E-state index contributed by atoms with van der Waals surface area (Å²) in [6.07, 6.45) is 1.88. The average molecular weight is 327 g/mol. The molecule has 0 bridgehead atoms. The van der Waals surface area contributed by atoms with E-state index >= 15 is 0 Å². The number of phenolic OH excluding ortho intramolecular Hbond substituents is 1.